The van der Waals surface area contributed by atoms with Crippen molar-refractivity contribution in [3.05, 3.63) is 108 Å². The van der Waals surface area contributed by atoms with Crippen molar-refractivity contribution < 1.29 is 19.0 Å². The number of aromatic nitrogens is 6. The van der Waals surface area contributed by atoms with Gasteiger partial charge in [0.15, 0.2) is 0 Å². The molecule has 6 rings (SSSR count). The zero-order valence-electron chi connectivity index (χ0n) is 25.9. The van der Waals surface area contributed by atoms with Crippen molar-refractivity contribution in [3.8, 4) is 22.5 Å². The number of ether oxygens (including phenoxy) is 3. The van der Waals surface area contributed by atoms with Crippen LogP contribution in [0.15, 0.2) is 85.5 Å². The minimum absolute atomic E-state index is 0.487. The van der Waals surface area contributed by atoms with Gasteiger partial charge in [0.05, 0.1) is 36.0 Å². The topological polar surface area (TPSA) is 117 Å². The zero-order chi connectivity index (χ0) is 31.6. The number of hydrogen-bond acceptors (Lipinski definition) is 8. The molecule has 1 amide bonds. The summed E-state index contributed by atoms with van der Waals surface area (Å²) in [6.45, 7) is 6.54. The molecule has 230 valence electrons. The van der Waals surface area contributed by atoms with E-state index in [1.807, 2.05) is 115 Å². The van der Waals surface area contributed by atoms with E-state index in [1.165, 1.54) is 0 Å². The van der Waals surface area contributed by atoms with E-state index in [0.717, 1.165) is 33.6 Å². The lowest BCUT2D eigenvalue weighted by molar-refractivity contribution is 0.0510. The normalized spacial score (nSPS) is 11.9. The Morgan fingerprint density at radius 3 is 1.56 bits per heavy atom. The van der Waals surface area contributed by atoms with E-state index in [0.29, 0.717) is 36.2 Å². The monoisotopic (exact) mass is 605 g/mol. The minimum Gasteiger partial charge on any atom is -0.444 e. The van der Waals surface area contributed by atoms with Crippen molar-refractivity contribution in [3.63, 3.8) is 0 Å². The number of amides is 1. The number of alkyl carbamates (subject to hydrolysis) is 1. The maximum atomic E-state index is 13.0. The van der Waals surface area contributed by atoms with Crippen LogP contribution in [0.5, 0.6) is 0 Å². The Balaban J connectivity index is 1.34. The highest BCUT2D eigenvalue weighted by molar-refractivity contribution is 5.69. The molecule has 0 bridgehead atoms. The van der Waals surface area contributed by atoms with Crippen LogP contribution in [-0.4, -0.2) is 54.7 Å². The smallest absolute Gasteiger partial charge is 0.408 e. The van der Waals surface area contributed by atoms with Gasteiger partial charge in [-0.3, -0.25) is 8.80 Å². The third-order valence-corrected chi connectivity index (χ3v) is 7.07. The molecule has 4 heterocycles. The number of nitrogens with zero attached hydrogens (tertiary/aromatic N) is 6. The average molecular weight is 606 g/mol. The minimum atomic E-state index is -0.725. The van der Waals surface area contributed by atoms with E-state index >= 15 is 0 Å². The maximum absolute atomic E-state index is 13.0. The summed E-state index contributed by atoms with van der Waals surface area (Å²) in [5.41, 5.74) is 6.06. The van der Waals surface area contributed by atoms with Crippen molar-refractivity contribution in [1.29, 1.82) is 0 Å². The summed E-state index contributed by atoms with van der Waals surface area (Å²) >= 11 is 0. The van der Waals surface area contributed by atoms with E-state index in [1.54, 1.807) is 14.2 Å². The van der Waals surface area contributed by atoms with Gasteiger partial charge < -0.3 is 19.5 Å². The second-order valence-electron chi connectivity index (χ2n) is 11.7. The summed E-state index contributed by atoms with van der Waals surface area (Å²) in [6.07, 6.45) is 7.00. The quantitative estimate of drug-likeness (QED) is 0.213. The van der Waals surface area contributed by atoms with E-state index < -0.39 is 17.7 Å². The standard InChI is InChI=1S/C34H35N7O4/c1-34(2,3)45-33(42)39-30(26-14-16-40-18-28(37-31(40)35-26)24-10-6-22(7-11-24)20-43-4)27-15-17-41-19-29(38-32(41)36-27)25-12-8-23(9-13-25)21-44-5/h6-19,30H,20-21H2,1-5H3,(H,39,42). The summed E-state index contributed by atoms with van der Waals surface area (Å²) in [7, 11) is 3.35. The number of imidazole rings is 2. The summed E-state index contributed by atoms with van der Waals surface area (Å²) < 4.78 is 19.7. The predicted molar refractivity (Wildman–Crippen MR) is 169 cm³/mol. The van der Waals surface area contributed by atoms with Gasteiger partial charge in [-0.1, -0.05) is 48.5 Å². The summed E-state index contributed by atoms with van der Waals surface area (Å²) in [6, 6.07) is 19.1. The Kier molecular flexibility index (Phi) is 8.29. The fourth-order valence-corrected chi connectivity index (χ4v) is 4.97. The number of benzene rings is 2. The highest BCUT2D eigenvalue weighted by Crippen LogP contribution is 2.25. The molecule has 0 fully saturated rings. The molecule has 1 N–H and O–H groups in total. The van der Waals surface area contributed by atoms with Crippen LogP contribution >= 0.6 is 0 Å². The lowest BCUT2D eigenvalue weighted by Crippen LogP contribution is -2.36. The third kappa shape index (κ3) is 6.84. The molecular weight excluding hydrogens is 570 g/mol. The van der Waals surface area contributed by atoms with Gasteiger partial charge >= 0.3 is 6.09 Å². The molecule has 11 heteroatoms. The third-order valence-electron chi connectivity index (χ3n) is 7.07. The van der Waals surface area contributed by atoms with E-state index in [9.17, 15) is 4.79 Å². The molecular formula is C34H35N7O4. The highest BCUT2D eigenvalue weighted by atomic mass is 16.6. The SMILES string of the molecule is COCc1ccc(-c2cn3ccc(C(NC(=O)OC(C)(C)C)c4ccn5cc(-c6ccc(COC)cc6)nc5n4)nc3n2)cc1. The molecule has 0 atom stereocenters. The van der Waals surface area contributed by atoms with Crippen molar-refractivity contribution >= 4 is 17.6 Å². The maximum Gasteiger partial charge on any atom is 0.408 e. The molecule has 11 nitrogen and oxygen atoms in total. The first-order chi connectivity index (χ1) is 21.7. The average Bonchev–Trinajstić information content (AvgIpc) is 3.64. The Bertz CT molecular complexity index is 1810. The predicted octanol–water partition coefficient (Wildman–Crippen LogP) is 6.01. The second-order valence-corrected chi connectivity index (χ2v) is 11.7. The number of methoxy groups -OCH3 is 2. The molecule has 6 aromatic rings. The first-order valence-corrected chi connectivity index (χ1v) is 14.6. The molecule has 0 saturated heterocycles. The van der Waals surface area contributed by atoms with Crippen LogP contribution in [0.3, 0.4) is 0 Å². The molecule has 2 aromatic carbocycles. The van der Waals surface area contributed by atoms with Gasteiger partial charge in [-0.2, -0.15) is 0 Å². The zero-order valence-corrected chi connectivity index (χ0v) is 25.9. The van der Waals surface area contributed by atoms with Gasteiger partial charge in [0.25, 0.3) is 0 Å². The molecule has 0 unspecified atom stereocenters. The Morgan fingerprint density at radius 2 is 1.16 bits per heavy atom. The van der Waals surface area contributed by atoms with E-state index in [4.69, 9.17) is 34.1 Å². The Hall–Kier alpha value is -5.13. The fourth-order valence-electron chi connectivity index (χ4n) is 4.97. The molecule has 45 heavy (non-hydrogen) atoms. The molecule has 0 aliphatic carbocycles. The van der Waals surface area contributed by atoms with Crippen molar-refractivity contribution in [2.24, 2.45) is 0 Å². The largest absolute Gasteiger partial charge is 0.444 e. The summed E-state index contributed by atoms with van der Waals surface area (Å²) in [5, 5.41) is 2.96. The number of carbonyl (C=O) groups excluding carboxylic acids is 1. The molecule has 0 saturated carbocycles. The number of rotatable bonds is 9. The van der Waals surface area contributed by atoms with Crippen LogP contribution < -0.4 is 5.32 Å². The first-order valence-electron chi connectivity index (χ1n) is 14.6. The van der Waals surface area contributed by atoms with Gasteiger partial charge in [0.1, 0.15) is 11.6 Å². The second kappa shape index (κ2) is 12.5. The molecule has 0 radical (unpaired) electrons. The van der Waals surface area contributed by atoms with Gasteiger partial charge in [-0.25, -0.2) is 24.7 Å². The molecule has 0 spiro atoms. The fraction of sp³-hybridized carbons (Fsp3) is 0.265. The van der Waals surface area contributed by atoms with Crippen molar-refractivity contribution in [1.82, 2.24) is 34.1 Å². The van der Waals surface area contributed by atoms with Gasteiger partial charge in [-0.15, -0.1) is 0 Å². The summed E-state index contributed by atoms with van der Waals surface area (Å²) in [4.78, 5) is 32.2. The first kappa shape index (κ1) is 29.9. The van der Waals surface area contributed by atoms with Crippen LogP contribution in [0.25, 0.3) is 34.1 Å². The highest BCUT2D eigenvalue weighted by Gasteiger charge is 2.25. The molecule has 0 aliphatic rings. The molecule has 4 aromatic heterocycles. The molecule has 0 aliphatic heterocycles. The number of carbonyl (C=O) groups is 1. The Morgan fingerprint density at radius 1 is 0.711 bits per heavy atom. The van der Waals surface area contributed by atoms with Crippen LogP contribution in [0.1, 0.15) is 49.3 Å². The lowest BCUT2D eigenvalue weighted by atomic mass is 10.1. The summed E-state index contributed by atoms with van der Waals surface area (Å²) in [5.74, 6) is 0.973. The van der Waals surface area contributed by atoms with Crippen LogP contribution in [0.4, 0.5) is 4.79 Å². The number of hydrogen-bond donors (Lipinski definition) is 1. The van der Waals surface area contributed by atoms with Gasteiger partial charge in [0, 0.05) is 50.1 Å². The van der Waals surface area contributed by atoms with Crippen molar-refractivity contribution in [2.75, 3.05) is 14.2 Å². The van der Waals surface area contributed by atoms with Crippen LogP contribution in [-0.2, 0) is 27.4 Å². The van der Waals surface area contributed by atoms with Gasteiger partial charge in [-0.05, 0) is 44.0 Å². The van der Waals surface area contributed by atoms with Gasteiger partial charge in [0.2, 0.25) is 11.6 Å². The van der Waals surface area contributed by atoms with E-state index in [2.05, 4.69) is 5.32 Å². The lowest BCUT2D eigenvalue weighted by Gasteiger charge is -2.23. The Labute approximate surface area is 260 Å². The number of fused-ring (bicyclic) bond motifs is 2. The number of nitrogens with one attached hydrogen (secondary N) is 1. The van der Waals surface area contributed by atoms with Crippen molar-refractivity contribution in [2.45, 2.75) is 45.6 Å². The van der Waals surface area contributed by atoms with Crippen LogP contribution in [0.2, 0.25) is 0 Å². The van der Waals surface area contributed by atoms with Crippen LogP contribution in [0, 0.1) is 0 Å². The van der Waals surface area contributed by atoms with E-state index in [-0.39, 0.29) is 0 Å².